The van der Waals surface area contributed by atoms with Crippen LogP contribution in [0.1, 0.15) is 23.8 Å². The second-order valence-corrected chi connectivity index (χ2v) is 6.23. The van der Waals surface area contributed by atoms with Crippen molar-refractivity contribution in [3.8, 4) is 0 Å². The maximum atomic E-state index is 12.2. The van der Waals surface area contributed by atoms with Gasteiger partial charge in [0.1, 0.15) is 6.04 Å². The second kappa shape index (κ2) is 8.21. The molecule has 0 aliphatic carbocycles. The Kier molecular flexibility index (Phi) is 6.02. The highest BCUT2D eigenvalue weighted by molar-refractivity contribution is 7.16. The fourth-order valence-corrected chi connectivity index (χ4v) is 2.64. The summed E-state index contributed by atoms with van der Waals surface area (Å²) >= 11 is 0.995. The van der Waals surface area contributed by atoms with Gasteiger partial charge in [0.25, 0.3) is 5.91 Å². The summed E-state index contributed by atoms with van der Waals surface area (Å²) in [4.78, 5) is 22.9. The standard InChI is InChI=1S/C16H18N4O3S/c1-3-14(18-12-6-4-11(2)5-7-12)16(21)19-17-10-13-8-9-15(24-13)20(22)23/h4-10,14,18H,3H2,1-2H3,(H,19,21)/b17-10-/t14-/m1/s1. The van der Waals surface area contributed by atoms with Crippen LogP contribution in [0.25, 0.3) is 0 Å². The first kappa shape index (κ1) is 17.6. The van der Waals surface area contributed by atoms with Gasteiger partial charge in [-0.3, -0.25) is 14.9 Å². The van der Waals surface area contributed by atoms with E-state index >= 15 is 0 Å². The molecule has 1 atom stereocenters. The zero-order valence-electron chi connectivity index (χ0n) is 13.4. The van der Waals surface area contributed by atoms with Gasteiger partial charge in [0, 0.05) is 11.8 Å². The Morgan fingerprint density at radius 2 is 2.04 bits per heavy atom. The van der Waals surface area contributed by atoms with Gasteiger partial charge in [0.05, 0.1) is 16.0 Å². The molecule has 2 N–H and O–H groups in total. The van der Waals surface area contributed by atoms with Crippen molar-refractivity contribution in [2.75, 3.05) is 5.32 Å². The molecule has 8 heteroatoms. The number of hydrogen-bond donors (Lipinski definition) is 2. The molecule has 7 nitrogen and oxygen atoms in total. The molecular weight excluding hydrogens is 328 g/mol. The van der Waals surface area contributed by atoms with Gasteiger partial charge in [-0.15, -0.1) is 0 Å². The fourth-order valence-electron chi connectivity index (χ4n) is 1.95. The lowest BCUT2D eigenvalue weighted by atomic mass is 10.1. The molecule has 1 heterocycles. The van der Waals surface area contributed by atoms with Gasteiger partial charge in [0.2, 0.25) is 0 Å². The van der Waals surface area contributed by atoms with Crippen LogP contribution in [0.3, 0.4) is 0 Å². The van der Waals surface area contributed by atoms with Gasteiger partial charge in [-0.25, -0.2) is 5.43 Å². The molecule has 0 saturated heterocycles. The van der Waals surface area contributed by atoms with Gasteiger partial charge in [-0.1, -0.05) is 36.0 Å². The molecule has 0 aliphatic heterocycles. The number of aryl methyl sites for hydroxylation is 1. The highest BCUT2D eigenvalue weighted by Crippen LogP contribution is 2.22. The number of thiophene rings is 1. The molecule has 2 rings (SSSR count). The number of nitro groups is 1. The van der Waals surface area contributed by atoms with Crippen molar-refractivity contribution in [2.45, 2.75) is 26.3 Å². The van der Waals surface area contributed by atoms with E-state index < -0.39 is 11.0 Å². The molecule has 0 unspecified atom stereocenters. The molecule has 2 aromatic rings. The number of carbonyl (C=O) groups excluding carboxylic acids is 1. The summed E-state index contributed by atoms with van der Waals surface area (Å²) in [7, 11) is 0. The normalized spacial score (nSPS) is 12.1. The zero-order chi connectivity index (χ0) is 17.5. The number of nitrogens with one attached hydrogen (secondary N) is 2. The summed E-state index contributed by atoms with van der Waals surface area (Å²) in [5.74, 6) is -0.264. The van der Waals surface area contributed by atoms with E-state index in [-0.39, 0.29) is 10.9 Å². The van der Waals surface area contributed by atoms with Crippen LogP contribution in [-0.2, 0) is 4.79 Å². The first-order valence-corrected chi connectivity index (χ1v) is 8.21. The maximum absolute atomic E-state index is 12.2. The minimum Gasteiger partial charge on any atom is -0.374 e. The molecule has 1 aromatic carbocycles. The van der Waals surface area contributed by atoms with Crippen molar-refractivity contribution in [1.29, 1.82) is 0 Å². The SMILES string of the molecule is CC[C@@H](Nc1ccc(C)cc1)C(=O)N/N=C\c1ccc([N+](=O)[O-])s1. The van der Waals surface area contributed by atoms with Crippen LogP contribution in [-0.4, -0.2) is 23.1 Å². The average molecular weight is 346 g/mol. The van der Waals surface area contributed by atoms with Gasteiger partial charge in [0.15, 0.2) is 0 Å². The van der Waals surface area contributed by atoms with Gasteiger partial charge < -0.3 is 5.32 Å². The topological polar surface area (TPSA) is 96.6 Å². The molecule has 0 fully saturated rings. The van der Waals surface area contributed by atoms with Gasteiger partial charge in [-0.2, -0.15) is 5.10 Å². The van der Waals surface area contributed by atoms with E-state index in [4.69, 9.17) is 0 Å². The summed E-state index contributed by atoms with van der Waals surface area (Å²) in [5, 5.41) is 17.7. The number of anilines is 1. The molecular formula is C16H18N4O3S. The van der Waals surface area contributed by atoms with E-state index in [1.54, 1.807) is 6.07 Å². The Labute approximate surface area is 143 Å². The largest absolute Gasteiger partial charge is 0.374 e. The lowest BCUT2D eigenvalue weighted by Crippen LogP contribution is -2.36. The van der Waals surface area contributed by atoms with Crippen LogP contribution in [0.2, 0.25) is 0 Å². The molecule has 1 aromatic heterocycles. The molecule has 0 aliphatic rings. The summed E-state index contributed by atoms with van der Waals surface area (Å²) in [6.45, 7) is 3.90. The Hall–Kier alpha value is -2.74. The van der Waals surface area contributed by atoms with Crippen LogP contribution in [0.15, 0.2) is 41.5 Å². The van der Waals surface area contributed by atoms with Gasteiger partial charge >= 0.3 is 5.00 Å². The third-order valence-corrected chi connectivity index (χ3v) is 4.25. The first-order valence-electron chi connectivity index (χ1n) is 7.40. The van der Waals surface area contributed by atoms with Crippen LogP contribution < -0.4 is 10.7 Å². The lowest BCUT2D eigenvalue weighted by molar-refractivity contribution is -0.380. The molecule has 0 bridgehead atoms. The number of nitrogens with zero attached hydrogens (tertiary/aromatic N) is 2. The Balaban J connectivity index is 1.92. The summed E-state index contributed by atoms with van der Waals surface area (Å²) in [6, 6.07) is 10.3. The van der Waals surface area contributed by atoms with Crippen molar-refractivity contribution in [3.63, 3.8) is 0 Å². The smallest absolute Gasteiger partial charge is 0.324 e. The Bertz CT molecular complexity index is 740. The summed E-state index contributed by atoms with van der Waals surface area (Å²) < 4.78 is 0. The fraction of sp³-hybridized carbons (Fsp3) is 0.250. The molecule has 24 heavy (non-hydrogen) atoms. The number of hydrogen-bond acceptors (Lipinski definition) is 6. The highest BCUT2D eigenvalue weighted by atomic mass is 32.1. The Morgan fingerprint density at radius 1 is 1.33 bits per heavy atom. The quantitative estimate of drug-likeness (QED) is 0.457. The number of hydrazone groups is 1. The number of rotatable bonds is 7. The van der Waals surface area contributed by atoms with Crippen molar-refractivity contribution in [3.05, 3.63) is 57.0 Å². The molecule has 126 valence electrons. The molecule has 1 amide bonds. The van der Waals surface area contributed by atoms with Gasteiger partial charge in [-0.05, 0) is 31.5 Å². The summed E-state index contributed by atoms with van der Waals surface area (Å²) in [5.41, 5.74) is 4.46. The van der Waals surface area contributed by atoms with E-state index in [9.17, 15) is 14.9 Å². The maximum Gasteiger partial charge on any atom is 0.324 e. The average Bonchev–Trinajstić information content (AvgIpc) is 3.03. The van der Waals surface area contributed by atoms with E-state index in [1.165, 1.54) is 12.3 Å². The second-order valence-electron chi connectivity index (χ2n) is 5.14. The zero-order valence-corrected chi connectivity index (χ0v) is 14.2. The minimum absolute atomic E-state index is 0.0373. The predicted octanol–water partition coefficient (Wildman–Crippen LogP) is 3.31. The number of benzene rings is 1. The van der Waals surface area contributed by atoms with E-state index in [1.807, 2.05) is 38.1 Å². The van der Waals surface area contributed by atoms with Crippen molar-refractivity contribution in [1.82, 2.24) is 5.43 Å². The highest BCUT2D eigenvalue weighted by Gasteiger charge is 2.15. The van der Waals surface area contributed by atoms with Crippen LogP contribution in [0, 0.1) is 17.0 Å². The predicted molar refractivity (Wildman–Crippen MR) is 95.6 cm³/mol. The third kappa shape index (κ3) is 4.88. The number of amides is 1. The number of carbonyl (C=O) groups is 1. The summed E-state index contributed by atoms with van der Waals surface area (Å²) in [6.07, 6.45) is 1.99. The van der Waals surface area contributed by atoms with E-state index in [0.717, 1.165) is 22.6 Å². The Morgan fingerprint density at radius 3 is 2.62 bits per heavy atom. The van der Waals surface area contributed by atoms with Crippen LogP contribution >= 0.6 is 11.3 Å². The lowest BCUT2D eigenvalue weighted by Gasteiger charge is -2.16. The first-order chi connectivity index (χ1) is 11.5. The molecule has 0 spiro atoms. The minimum atomic E-state index is -0.459. The monoisotopic (exact) mass is 346 g/mol. The van der Waals surface area contributed by atoms with Crippen molar-refractivity contribution < 1.29 is 9.72 Å². The van der Waals surface area contributed by atoms with Crippen molar-refractivity contribution >= 4 is 34.1 Å². The molecule has 0 radical (unpaired) electrons. The van der Waals surface area contributed by atoms with Crippen LogP contribution in [0.5, 0.6) is 0 Å². The van der Waals surface area contributed by atoms with E-state index in [0.29, 0.717) is 11.3 Å². The van der Waals surface area contributed by atoms with Crippen LogP contribution in [0.4, 0.5) is 10.7 Å². The molecule has 0 saturated carbocycles. The van der Waals surface area contributed by atoms with Crippen molar-refractivity contribution in [2.24, 2.45) is 5.10 Å². The third-order valence-electron chi connectivity index (χ3n) is 3.28. The van der Waals surface area contributed by atoms with E-state index in [2.05, 4.69) is 15.8 Å².